The van der Waals surface area contributed by atoms with Crippen molar-refractivity contribution in [3.63, 3.8) is 0 Å². The quantitative estimate of drug-likeness (QED) is 0.788. The minimum atomic E-state index is -0.468. The third-order valence-electron chi connectivity index (χ3n) is 4.16. The second kappa shape index (κ2) is 4.35. The lowest BCUT2D eigenvalue weighted by atomic mass is 9.98. The van der Waals surface area contributed by atoms with Crippen molar-refractivity contribution < 1.29 is 14.3 Å². The zero-order valence-electron chi connectivity index (χ0n) is 12.7. The molecule has 2 rings (SSSR count). The molecule has 110 valence electrons. The van der Waals surface area contributed by atoms with Crippen LogP contribution in [0.25, 0.3) is 0 Å². The highest BCUT2D eigenvalue weighted by atomic mass is 16.6. The standard InChI is InChI=1S/C14H26N2O3/c1-12(2,3)19-11(17)16-6-7-18-10(8-16)14(15)9-13(14,4)5/h10H,6-9,15H2,1-5H3. The van der Waals surface area contributed by atoms with E-state index in [1.54, 1.807) is 4.90 Å². The third-order valence-corrected chi connectivity index (χ3v) is 4.16. The molecule has 0 aromatic heterocycles. The van der Waals surface area contributed by atoms with Crippen molar-refractivity contribution in [2.45, 2.75) is 58.3 Å². The molecule has 1 saturated carbocycles. The zero-order valence-corrected chi connectivity index (χ0v) is 12.7. The Labute approximate surface area is 115 Å². The molecule has 0 spiro atoms. The molecular weight excluding hydrogens is 244 g/mol. The Morgan fingerprint density at radius 3 is 2.47 bits per heavy atom. The molecule has 5 nitrogen and oxygen atoms in total. The summed E-state index contributed by atoms with van der Waals surface area (Å²) >= 11 is 0. The van der Waals surface area contributed by atoms with Crippen molar-refractivity contribution in [2.75, 3.05) is 19.7 Å². The van der Waals surface area contributed by atoms with E-state index >= 15 is 0 Å². The van der Waals surface area contributed by atoms with Gasteiger partial charge in [-0.2, -0.15) is 0 Å². The van der Waals surface area contributed by atoms with Gasteiger partial charge in [0.2, 0.25) is 0 Å². The zero-order chi connectivity index (χ0) is 14.5. The molecule has 1 aliphatic carbocycles. The molecule has 1 amide bonds. The van der Waals surface area contributed by atoms with E-state index in [0.717, 1.165) is 6.42 Å². The molecule has 2 aliphatic rings. The van der Waals surface area contributed by atoms with Gasteiger partial charge in [-0.25, -0.2) is 4.79 Å². The largest absolute Gasteiger partial charge is 0.444 e. The molecule has 0 radical (unpaired) electrons. The molecule has 2 N–H and O–H groups in total. The van der Waals surface area contributed by atoms with Gasteiger partial charge in [-0.15, -0.1) is 0 Å². The number of hydrogen-bond donors (Lipinski definition) is 1. The van der Waals surface area contributed by atoms with Crippen LogP contribution < -0.4 is 5.73 Å². The highest BCUT2D eigenvalue weighted by molar-refractivity contribution is 5.68. The van der Waals surface area contributed by atoms with Crippen molar-refractivity contribution in [1.29, 1.82) is 0 Å². The predicted molar refractivity (Wildman–Crippen MR) is 72.9 cm³/mol. The lowest BCUT2D eigenvalue weighted by Crippen LogP contribution is -2.56. The van der Waals surface area contributed by atoms with Gasteiger partial charge in [0.1, 0.15) is 5.60 Å². The lowest BCUT2D eigenvalue weighted by Gasteiger charge is -2.37. The summed E-state index contributed by atoms with van der Waals surface area (Å²) in [4.78, 5) is 13.8. The van der Waals surface area contributed by atoms with Gasteiger partial charge in [0.05, 0.1) is 19.3 Å². The fourth-order valence-electron chi connectivity index (χ4n) is 2.69. The number of carbonyl (C=O) groups excluding carboxylic acids is 1. The van der Waals surface area contributed by atoms with E-state index in [-0.39, 0.29) is 23.2 Å². The van der Waals surface area contributed by atoms with Crippen LogP contribution in [0.15, 0.2) is 0 Å². The summed E-state index contributed by atoms with van der Waals surface area (Å²) in [7, 11) is 0. The Morgan fingerprint density at radius 2 is 2.00 bits per heavy atom. The van der Waals surface area contributed by atoms with Crippen LogP contribution in [0, 0.1) is 5.41 Å². The van der Waals surface area contributed by atoms with Crippen LogP contribution in [0.3, 0.4) is 0 Å². The van der Waals surface area contributed by atoms with E-state index < -0.39 is 5.60 Å². The van der Waals surface area contributed by atoms with E-state index in [0.29, 0.717) is 19.7 Å². The van der Waals surface area contributed by atoms with E-state index in [2.05, 4.69) is 13.8 Å². The Hall–Kier alpha value is -0.810. The molecule has 1 aliphatic heterocycles. The first-order valence-corrected chi connectivity index (χ1v) is 6.94. The number of amides is 1. The summed E-state index contributed by atoms with van der Waals surface area (Å²) in [6.07, 6.45) is 0.568. The predicted octanol–water partition coefficient (Wildman–Crippen LogP) is 1.75. The molecule has 0 aromatic carbocycles. The number of rotatable bonds is 1. The Kier molecular flexibility index (Phi) is 3.34. The molecule has 1 heterocycles. The minimum absolute atomic E-state index is 0.0919. The first kappa shape index (κ1) is 14.6. The maximum atomic E-state index is 12.1. The van der Waals surface area contributed by atoms with Crippen molar-refractivity contribution in [3.05, 3.63) is 0 Å². The van der Waals surface area contributed by atoms with Gasteiger partial charge in [0.25, 0.3) is 0 Å². The number of nitrogens with two attached hydrogens (primary N) is 1. The first-order valence-electron chi connectivity index (χ1n) is 6.94. The summed E-state index contributed by atoms with van der Waals surface area (Å²) in [5.41, 5.74) is 5.70. The summed E-state index contributed by atoms with van der Waals surface area (Å²) in [6.45, 7) is 11.5. The second-order valence-corrected chi connectivity index (χ2v) is 7.39. The van der Waals surface area contributed by atoms with Crippen LogP contribution >= 0.6 is 0 Å². The Balaban J connectivity index is 1.97. The summed E-state index contributed by atoms with van der Waals surface area (Å²) < 4.78 is 11.2. The van der Waals surface area contributed by atoms with Gasteiger partial charge < -0.3 is 20.1 Å². The average Bonchev–Trinajstić information content (AvgIpc) is 2.77. The monoisotopic (exact) mass is 270 g/mol. The molecule has 19 heavy (non-hydrogen) atoms. The Bertz CT molecular complexity index is 375. The maximum absolute atomic E-state index is 12.1. The van der Waals surface area contributed by atoms with Crippen LogP contribution in [-0.2, 0) is 9.47 Å². The van der Waals surface area contributed by atoms with Gasteiger partial charge in [-0.05, 0) is 32.6 Å². The summed E-state index contributed by atoms with van der Waals surface area (Å²) in [5.74, 6) is 0. The fourth-order valence-corrected chi connectivity index (χ4v) is 2.69. The molecule has 0 bridgehead atoms. The summed E-state index contributed by atoms with van der Waals surface area (Å²) in [6, 6.07) is 0. The van der Waals surface area contributed by atoms with Gasteiger partial charge in [0, 0.05) is 12.1 Å². The number of ether oxygens (including phenoxy) is 2. The third kappa shape index (κ3) is 2.87. The topological polar surface area (TPSA) is 64.8 Å². The number of carbonyl (C=O) groups is 1. The van der Waals surface area contributed by atoms with Crippen LogP contribution in [0.5, 0.6) is 0 Å². The van der Waals surface area contributed by atoms with Gasteiger partial charge in [-0.1, -0.05) is 13.8 Å². The van der Waals surface area contributed by atoms with Crippen LogP contribution in [0.4, 0.5) is 4.79 Å². The van der Waals surface area contributed by atoms with Gasteiger partial charge >= 0.3 is 6.09 Å². The molecule has 0 aromatic rings. The molecule has 2 unspecified atom stereocenters. The molecule has 1 saturated heterocycles. The Morgan fingerprint density at radius 1 is 1.42 bits per heavy atom. The van der Waals surface area contributed by atoms with Crippen molar-refractivity contribution in [1.82, 2.24) is 4.90 Å². The van der Waals surface area contributed by atoms with Crippen LogP contribution in [0.2, 0.25) is 0 Å². The van der Waals surface area contributed by atoms with E-state index in [9.17, 15) is 4.79 Å². The molecule has 2 atom stereocenters. The van der Waals surface area contributed by atoms with Gasteiger partial charge in [-0.3, -0.25) is 0 Å². The van der Waals surface area contributed by atoms with E-state index in [1.807, 2.05) is 20.8 Å². The van der Waals surface area contributed by atoms with Crippen molar-refractivity contribution in [2.24, 2.45) is 11.1 Å². The smallest absolute Gasteiger partial charge is 0.410 e. The minimum Gasteiger partial charge on any atom is -0.444 e. The number of nitrogens with zero attached hydrogens (tertiary/aromatic N) is 1. The number of hydrogen-bond acceptors (Lipinski definition) is 4. The first-order chi connectivity index (χ1) is 8.55. The van der Waals surface area contributed by atoms with E-state index in [1.165, 1.54) is 0 Å². The fraction of sp³-hybridized carbons (Fsp3) is 0.929. The second-order valence-electron chi connectivity index (χ2n) is 7.39. The van der Waals surface area contributed by atoms with Crippen molar-refractivity contribution in [3.8, 4) is 0 Å². The molecule has 5 heteroatoms. The van der Waals surface area contributed by atoms with Crippen LogP contribution in [-0.4, -0.2) is 47.9 Å². The molecular formula is C14H26N2O3. The maximum Gasteiger partial charge on any atom is 0.410 e. The number of morpholine rings is 1. The molecule has 2 fully saturated rings. The average molecular weight is 270 g/mol. The lowest BCUT2D eigenvalue weighted by molar-refractivity contribution is -0.0589. The highest BCUT2D eigenvalue weighted by Crippen LogP contribution is 2.56. The van der Waals surface area contributed by atoms with E-state index in [4.69, 9.17) is 15.2 Å². The van der Waals surface area contributed by atoms with Gasteiger partial charge in [0.15, 0.2) is 0 Å². The summed E-state index contributed by atoms with van der Waals surface area (Å²) in [5, 5.41) is 0. The highest BCUT2D eigenvalue weighted by Gasteiger charge is 2.64. The van der Waals surface area contributed by atoms with Crippen molar-refractivity contribution >= 4 is 6.09 Å². The SMILES string of the molecule is CC(C)(C)OC(=O)N1CCOC(C2(N)CC2(C)C)C1. The normalized spacial score (nSPS) is 34.0. The van der Waals surface area contributed by atoms with Crippen LogP contribution in [0.1, 0.15) is 41.0 Å².